The van der Waals surface area contributed by atoms with E-state index in [0.717, 1.165) is 12.3 Å². The first-order valence-corrected chi connectivity index (χ1v) is 9.05. The molecule has 0 saturated heterocycles. The second-order valence-electron chi connectivity index (χ2n) is 5.47. The SMILES string of the molecule is CSCC(C)NC1=NCC2(CCCCC2)CS1. The summed E-state index contributed by atoms with van der Waals surface area (Å²) in [4.78, 5) is 4.79. The van der Waals surface area contributed by atoms with Crippen molar-refractivity contribution in [1.82, 2.24) is 5.32 Å². The van der Waals surface area contributed by atoms with Gasteiger partial charge in [-0.05, 0) is 31.4 Å². The van der Waals surface area contributed by atoms with E-state index >= 15 is 0 Å². The fourth-order valence-corrected chi connectivity index (χ4v) is 4.59. The van der Waals surface area contributed by atoms with Crippen molar-refractivity contribution in [2.45, 2.75) is 45.1 Å². The van der Waals surface area contributed by atoms with Gasteiger partial charge in [0.2, 0.25) is 0 Å². The van der Waals surface area contributed by atoms with Crippen LogP contribution in [0.4, 0.5) is 0 Å². The Morgan fingerprint density at radius 3 is 2.76 bits per heavy atom. The van der Waals surface area contributed by atoms with Gasteiger partial charge in [-0.1, -0.05) is 31.0 Å². The zero-order chi connectivity index (χ0) is 12.1. The Kier molecular flexibility index (Phi) is 5.10. The van der Waals surface area contributed by atoms with Gasteiger partial charge in [0.1, 0.15) is 0 Å². The molecule has 1 spiro atoms. The fourth-order valence-electron chi connectivity index (χ4n) is 2.75. The summed E-state index contributed by atoms with van der Waals surface area (Å²) in [5.41, 5.74) is 0.552. The van der Waals surface area contributed by atoms with E-state index in [-0.39, 0.29) is 0 Å². The van der Waals surface area contributed by atoms with Gasteiger partial charge in [-0.3, -0.25) is 4.99 Å². The maximum Gasteiger partial charge on any atom is 0.156 e. The monoisotopic (exact) mass is 272 g/mol. The molecule has 2 aliphatic rings. The smallest absolute Gasteiger partial charge is 0.156 e. The molecule has 1 saturated carbocycles. The molecule has 1 N–H and O–H groups in total. The molecular formula is C13H24N2S2. The van der Waals surface area contributed by atoms with Crippen LogP contribution in [-0.4, -0.2) is 35.5 Å². The largest absolute Gasteiger partial charge is 0.362 e. The summed E-state index contributed by atoms with van der Waals surface area (Å²) in [6.07, 6.45) is 9.23. The molecule has 0 aromatic carbocycles. The summed E-state index contributed by atoms with van der Waals surface area (Å²) in [7, 11) is 0. The number of amidine groups is 1. The second kappa shape index (κ2) is 6.37. The van der Waals surface area contributed by atoms with Gasteiger partial charge in [0.25, 0.3) is 0 Å². The summed E-state index contributed by atoms with van der Waals surface area (Å²) in [6, 6.07) is 0.539. The molecule has 0 radical (unpaired) electrons. The van der Waals surface area contributed by atoms with Crippen LogP contribution in [0.5, 0.6) is 0 Å². The van der Waals surface area contributed by atoms with Crippen LogP contribution in [0.25, 0.3) is 0 Å². The van der Waals surface area contributed by atoms with Crippen molar-refractivity contribution in [1.29, 1.82) is 0 Å². The molecule has 2 nitrogen and oxygen atoms in total. The van der Waals surface area contributed by atoms with E-state index in [0.29, 0.717) is 11.5 Å². The summed E-state index contributed by atoms with van der Waals surface area (Å²) >= 11 is 3.85. The van der Waals surface area contributed by atoms with E-state index in [2.05, 4.69) is 18.5 Å². The molecule has 4 heteroatoms. The van der Waals surface area contributed by atoms with Crippen molar-refractivity contribution < 1.29 is 0 Å². The highest BCUT2D eigenvalue weighted by Crippen LogP contribution is 2.41. The number of nitrogens with zero attached hydrogens (tertiary/aromatic N) is 1. The molecule has 17 heavy (non-hydrogen) atoms. The Labute approximate surface area is 114 Å². The molecule has 0 amide bonds. The van der Waals surface area contributed by atoms with Gasteiger partial charge in [0.05, 0.1) is 0 Å². The summed E-state index contributed by atoms with van der Waals surface area (Å²) in [5, 5.41) is 4.72. The van der Waals surface area contributed by atoms with Gasteiger partial charge in [0, 0.05) is 24.1 Å². The van der Waals surface area contributed by atoms with Crippen LogP contribution in [0.2, 0.25) is 0 Å². The van der Waals surface area contributed by atoms with Crippen molar-refractivity contribution in [3.63, 3.8) is 0 Å². The lowest BCUT2D eigenvalue weighted by Crippen LogP contribution is -2.40. The average molecular weight is 272 g/mol. The molecular weight excluding hydrogens is 248 g/mol. The Morgan fingerprint density at radius 1 is 1.41 bits per heavy atom. The highest BCUT2D eigenvalue weighted by molar-refractivity contribution is 8.13. The molecule has 1 atom stereocenters. The van der Waals surface area contributed by atoms with E-state index in [4.69, 9.17) is 4.99 Å². The van der Waals surface area contributed by atoms with E-state index < -0.39 is 0 Å². The summed E-state index contributed by atoms with van der Waals surface area (Å²) < 4.78 is 0. The summed E-state index contributed by atoms with van der Waals surface area (Å²) in [6.45, 7) is 3.30. The van der Waals surface area contributed by atoms with E-state index in [1.165, 1.54) is 43.0 Å². The van der Waals surface area contributed by atoms with Crippen LogP contribution in [0, 0.1) is 5.41 Å². The first-order chi connectivity index (χ1) is 8.24. The van der Waals surface area contributed by atoms with Crippen molar-refractivity contribution in [2.24, 2.45) is 10.4 Å². The van der Waals surface area contributed by atoms with Crippen LogP contribution < -0.4 is 5.32 Å². The standard InChI is InChI=1S/C13H24N2S2/c1-11(8-16-2)15-12-14-9-13(10-17-12)6-4-3-5-7-13/h11H,3-10H2,1-2H3,(H,14,15). The Bertz CT molecular complexity index is 273. The van der Waals surface area contributed by atoms with Gasteiger partial charge in [-0.15, -0.1) is 0 Å². The van der Waals surface area contributed by atoms with Crippen molar-refractivity contribution >= 4 is 28.7 Å². The minimum Gasteiger partial charge on any atom is -0.362 e. The van der Waals surface area contributed by atoms with Gasteiger partial charge in [-0.2, -0.15) is 11.8 Å². The Hall–Kier alpha value is 0.170. The average Bonchev–Trinajstić information content (AvgIpc) is 2.34. The number of nitrogens with one attached hydrogen (secondary N) is 1. The Balaban J connectivity index is 1.84. The molecule has 1 aliphatic heterocycles. The van der Waals surface area contributed by atoms with E-state index in [9.17, 15) is 0 Å². The number of hydrogen-bond acceptors (Lipinski definition) is 4. The molecule has 98 valence electrons. The topological polar surface area (TPSA) is 24.4 Å². The zero-order valence-corrected chi connectivity index (χ0v) is 12.6. The lowest BCUT2D eigenvalue weighted by molar-refractivity contribution is 0.232. The predicted octanol–water partition coefficient (Wildman–Crippen LogP) is 3.38. The maximum atomic E-state index is 4.79. The highest BCUT2D eigenvalue weighted by Gasteiger charge is 2.34. The van der Waals surface area contributed by atoms with E-state index in [1.54, 1.807) is 0 Å². The van der Waals surface area contributed by atoms with Crippen LogP contribution in [-0.2, 0) is 0 Å². The molecule has 1 fully saturated rings. The Morgan fingerprint density at radius 2 is 2.18 bits per heavy atom. The third-order valence-corrected chi connectivity index (χ3v) is 5.88. The molecule has 1 heterocycles. The zero-order valence-electron chi connectivity index (χ0n) is 11.0. The first-order valence-electron chi connectivity index (χ1n) is 6.67. The van der Waals surface area contributed by atoms with E-state index in [1.807, 2.05) is 23.5 Å². The minimum absolute atomic E-state index is 0.539. The molecule has 1 unspecified atom stereocenters. The molecule has 0 aromatic heterocycles. The first kappa shape index (κ1) is 13.6. The quantitative estimate of drug-likeness (QED) is 0.852. The third kappa shape index (κ3) is 3.82. The third-order valence-electron chi connectivity index (χ3n) is 3.77. The van der Waals surface area contributed by atoms with Crippen LogP contribution in [0.1, 0.15) is 39.0 Å². The molecule has 0 aromatic rings. The molecule has 1 aliphatic carbocycles. The van der Waals surface area contributed by atoms with Crippen molar-refractivity contribution in [3.05, 3.63) is 0 Å². The van der Waals surface area contributed by atoms with Crippen molar-refractivity contribution in [2.75, 3.05) is 24.3 Å². The van der Waals surface area contributed by atoms with Crippen LogP contribution in [0.15, 0.2) is 4.99 Å². The molecule has 2 rings (SSSR count). The maximum absolute atomic E-state index is 4.79. The summed E-state index contributed by atoms with van der Waals surface area (Å²) in [5.74, 6) is 2.44. The lowest BCUT2D eigenvalue weighted by Gasteiger charge is -2.38. The predicted molar refractivity (Wildman–Crippen MR) is 81.3 cm³/mol. The number of aliphatic imine (C=N–C) groups is 1. The lowest BCUT2D eigenvalue weighted by atomic mass is 9.75. The van der Waals surface area contributed by atoms with Gasteiger partial charge < -0.3 is 5.32 Å². The van der Waals surface area contributed by atoms with Crippen LogP contribution >= 0.6 is 23.5 Å². The number of hydrogen-bond donors (Lipinski definition) is 1. The normalized spacial score (nSPS) is 25.4. The fraction of sp³-hybridized carbons (Fsp3) is 0.923. The highest BCUT2D eigenvalue weighted by atomic mass is 32.2. The van der Waals surface area contributed by atoms with Crippen molar-refractivity contribution in [3.8, 4) is 0 Å². The van der Waals surface area contributed by atoms with Gasteiger partial charge >= 0.3 is 0 Å². The van der Waals surface area contributed by atoms with Crippen LogP contribution in [0.3, 0.4) is 0 Å². The number of rotatable bonds is 3. The minimum atomic E-state index is 0.539. The molecule has 0 bridgehead atoms. The second-order valence-corrected chi connectivity index (χ2v) is 7.35. The van der Waals surface area contributed by atoms with Gasteiger partial charge in [0.15, 0.2) is 5.17 Å². The number of thioether (sulfide) groups is 2. The van der Waals surface area contributed by atoms with Gasteiger partial charge in [-0.25, -0.2) is 0 Å².